The Kier molecular flexibility index (Phi) is 4.97. The first-order valence-corrected chi connectivity index (χ1v) is 6.00. The molecular formula is C11H12Cl2OS. The Morgan fingerprint density at radius 2 is 2.07 bits per heavy atom. The maximum Gasteiger partial charge on any atom is 0.142 e. The van der Waals surface area contributed by atoms with Gasteiger partial charge in [-0.3, -0.25) is 4.79 Å². The van der Waals surface area contributed by atoms with Gasteiger partial charge < -0.3 is 0 Å². The summed E-state index contributed by atoms with van der Waals surface area (Å²) in [7, 11) is 0. The minimum Gasteiger partial charge on any atom is -0.299 e. The molecule has 0 aliphatic carbocycles. The van der Waals surface area contributed by atoms with Gasteiger partial charge in [0.25, 0.3) is 0 Å². The second-order valence-electron chi connectivity index (χ2n) is 3.38. The Hall–Kier alpha value is -0.180. The van der Waals surface area contributed by atoms with Gasteiger partial charge >= 0.3 is 0 Å². The molecule has 15 heavy (non-hydrogen) atoms. The fourth-order valence-corrected chi connectivity index (χ4v) is 2.24. The fraction of sp³-hybridized carbons (Fsp3) is 0.364. The Bertz CT molecular complexity index is 354. The summed E-state index contributed by atoms with van der Waals surface area (Å²) in [5.41, 5.74) is 2.02. The largest absolute Gasteiger partial charge is 0.299 e. The molecule has 0 atom stereocenters. The lowest BCUT2D eigenvalue weighted by Gasteiger charge is -2.08. The quantitative estimate of drug-likeness (QED) is 0.819. The van der Waals surface area contributed by atoms with E-state index >= 15 is 0 Å². The molecule has 0 fully saturated rings. The summed E-state index contributed by atoms with van der Waals surface area (Å²) in [4.78, 5) is 11.1. The van der Waals surface area contributed by atoms with Crippen molar-refractivity contribution in [3.05, 3.63) is 33.3 Å². The molecule has 0 radical (unpaired) electrons. The van der Waals surface area contributed by atoms with Crippen LogP contribution in [0.5, 0.6) is 0 Å². The van der Waals surface area contributed by atoms with Crippen molar-refractivity contribution in [2.45, 2.75) is 19.8 Å². The van der Waals surface area contributed by atoms with Gasteiger partial charge in [0.2, 0.25) is 0 Å². The normalized spacial score (nSPS) is 10.4. The van der Waals surface area contributed by atoms with Gasteiger partial charge in [0, 0.05) is 22.2 Å². The minimum absolute atomic E-state index is 0.128. The minimum atomic E-state index is 0.128. The van der Waals surface area contributed by atoms with E-state index in [-0.39, 0.29) is 11.5 Å². The summed E-state index contributed by atoms with van der Waals surface area (Å²) in [5, 5.41) is 1.26. The average Bonchev–Trinajstić information content (AvgIpc) is 2.15. The molecule has 0 N–H and O–H groups in total. The number of halogens is 2. The van der Waals surface area contributed by atoms with Crippen molar-refractivity contribution in [1.82, 2.24) is 0 Å². The van der Waals surface area contributed by atoms with E-state index in [9.17, 15) is 4.79 Å². The lowest BCUT2D eigenvalue weighted by molar-refractivity contribution is -0.116. The number of hydrogen-bond acceptors (Lipinski definition) is 2. The Labute approximate surface area is 105 Å². The summed E-state index contributed by atoms with van der Waals surface area (Å²) in [6.07, 6.45) is 1.13. The maximum absolute atomic E-state index is 11.1. The standard InChI is InChI=1S/C11H12Cl2OS/c1-7-4-8(12)5-11(13)10(7)3-2-9(14)6-15/h4-5,15H,2-3,6H2,1H3. The number of ketones is 1. The van der Waals surface area contributed by atoms with Gasteiger partial charge in [-0.1, -0.05) is 23.2 Å². The van der Waals surface area contributed by atoms with E-state index in [0.717, 1.165) is 11.1 Å². The predicted molar refractivity (Wildman–Crippen MR) is 68.4 cm³/mol. The Morgan fingerprint density at radius 1 is 1.40 bits per heavy atom. The number of carbonyl (C=O) groups is 1. The second kappa shape index (κ2) is 5.78. The van der Waals surface area contributed by atoms with Crippen LogP contribution in [-0.2, 0) is 11.2 Å². The molecule has 1 aromatic rings. The highest BCUT2D eigenvalue weighted by Crippen LogP contribution is 2.26. The summed E-state index contributed by atoms with van der Waals surface area (Å²) in [6.45, 7) is 1.94. The van der Waals surface area contributed by atoms with Crippen LogP contribution in [0, 0.1) is 6.92 Å². The number of benzene rings is 1. The van der Waals surface area contributed by atoms with Gasteiger partial charge in [-0.05, 0) is 36.6 Å². The molecule has 0 heterocycles. The van der Waals surface area contributed by atoms with Gasteiger partial charge in [0.1, 0.15) is 5.78 Å². The number of rotatable bonds is 4. The molecule has 0 unspecified atom stereocenters. The van der Waals surface area contributed by atoms with Crippen molar-refractivity contribution in [2.75, 3.05) is 5.75 Å². The molecular weight excluding hydrogens is 251 g/mol. The molecule has 0 saturated heterocycles. The third-order valence-electron chi connectivity index (χ3n) is 2.21. The summed E-state index contributed by atoms with van der Waals surface area (Å²) >= 11 is 15.8. The van der Waals surface area contributed by atoms with Gasteiger partial charge in [0.15, 0.2) is 0 Å². The van der Waals surface area contributed by atoms with Gasteiger partial charge in [-0.15, -0.1) is 0 Å². The highest BCUT2D eigenvalue weighted by atomic mass is 35.5. The van der Waals surface area contributed by atoms with E-state index in [1.54, 1.807) is 6.07 Å². The molecule has 82 valence electrons. The maximum atomic E-state index is 11.1. The van der Waals surface area contributed by atoms with Crippen LogP contribution in [0.2, 0.25) is 10.0 Å². The summed E-state index contributed by atoms with van der Waals surface area (Å²) in [5.74, 6) is 0.410. The molecule has 1 rings (SSSR count). The van der Waals surface area contributed by atoms with Crippen LogP contribution in [0.1, 0.15) is 17.5 Å². The van der Waals surface area contributed by atoms with Crippen molar-refractivity contribution in [3.8, 4) is 0 Å². The smallest absolute Gasteiger partial charge is 0.142 e. The van der Waals surface area contributed by atoms with Crippen molar-refractivity contribution in [2.24, 2.45) is 0 Å². The zero-order chi connectivity index (χ0) is 11.4. The van der Waals surface area contributed by atoms with E-state index in [1.165, 1.54) is 0 Å². The number of hydrogen-bond donors (Lipinski definition) is 1. The number of aryl methyl sites for hydroxylation is 1. The van der Waals surface area contributed by atoms with E-state index in [4.69, 9.17) is 23.2 Å². The molecule has 0 aromatic heterocycles. The Morgan fingerprint density at radius 3 is 2.60 bits per heavy atom. The average molecular weight is 263 g/mol. The monoisotopic (exact) mass is 262 g/mol. The lowest BCUT2D eigenvalue weighted by atomic mass is 10.0. The molecule has 0 aliphatic rings. The van der Waals surface area contributed by atoms with Crippen LogP contribution in [0.4, 0.5) is 0 Å². The van der Waals surface area contributed by atoms with Crippen molar-refractivity contribution >= 4 is 41.6 Å². The molecule has 0 amide bonds. The van der Waals surface area contributed by atoms with Crippen molar-refractivity contribution < 1.29 is 4.79 Å². The summed E-state index contributed by atoms with van der Waals surface area (Å²) in [6, 6.07) is 3.56. The first-order valence-electron chi connectivity index (χ1n) is 4.61. The van der Waals surface area contributed by atoms with Crippen molar-refractivity contribution in [3.63, 3.8) is 0 Å². The van der Waals surface area contributed by atoms with Crippen LogP contribution < -0.4 is 0 Å². The highest BCUT2D eigenvalue weighted by Gasteiger charge is 2.08. The van der Waals surface area contributed by atoms with E-state index in [0.29, 0.717) is 22.9 Å². The predicted octanol–water partition coefficient (Wildman–Crippen LogP) is 3.73. The van der Waals surface area contributed by atoms with Crippen LogP contribution >= 0.6 is 35.8 Å². The van der Waals surface area contributed by atoms with Gasteiger partial charge in [-0.2, -0.15) is 12.6 Å². The first-order chi connectivity index (χ1) is 7.04. The molecule has 1 nitrogen and oxygen atoms in total. The topological polar surface area (TPSA) is 17.1 Å². The molecule has 0 bridgehead atoms. The zero-order valence-electron chi connectivity index (χ0n) is 8.39. The van der Waals surface area contributed by atoms with Crippen molar-refractivity contribution in [1.29, 1.82) is 0 Å². The first kappa shape index (κ1) is 12.9. The molecule has 0 spiro atoms. The second-order valence-corrected chi connectivity index (χ2v) is 4.54. The molecule has 0 aliphatic heterocycles. The number of Topliss-reactive ketones (excluding diaryl/α,β-unsaturated/α-hetero) is 1. The van der Waals surface area contributed by atoms with Crippen LogP contribution in [0.25, 0.3) is 0 Å². The van der Waals surface area contributed by atoms with E-state index in [2.05, 4.69) is 12.6 Å². The number of thiol groups is 1. The SMILES string of the molecule is Cc1cc(Cl)cc(Cl)c1CCC(=O)CS. The molecule has 0 saturated carbocycles. The van der Waals surface area contributed by atoms with Crippen LogP contribution in [0.15, 0.2) is 12.1 Å². The Balaban J connectivity index is 2.81. The number of carbonyl (C=O) groups excluding carboxylic acids is 1. The van der Waals surface area contributed by atoms with Gasteiger partial charge in [-0.25, -0.2) is 0 Å². The summed E-state index contributed by atoms with van der Waals surface area (Å²) < 4.78 is 0. The highest BCUT2D eigenvalue weighted by molar-refractivity contribution is 7.81. The molecule has 4 heteroatoms. The molecule has 1 aromatic carbocycles. The lowest BCUT2D eigenvalue weighted by Crippen LogP contribution is -2.02. The van der Waals surface area contributed by atoms with Crippen LogP contribution in [-0.4, -0.2) is 11.5 Å². The van der Waals surface area contributed by atoms with E-state index < -0.39 is 0 Å². The van der Waals surface area contributed by atoms with Gasteiger partial charge in [0.05, 0.1) is 0 Å². The van der Waals surface area contributed by atoms with Crippen LogP contribution in [0.3, 0.4) is 0 Å². The third kappa shape index (κ3) is 3.71. The fourth-order valence-electron chi connectivity index (χ4n) is 1.39. The third-order valence-corrected chi connectivity index (χ3v) is 3.12. The zero-order valence-corrected chi connectivity index (χ0v) is 10.8. The van der Waals surface area contributed by atoms with E-state index in [1.807, 2.05) is 13.0 Å².